The molecule has 0 unspecified atom stereocenters. The minimum atomic E-state index is 1.07. The third-order valence-corrected chi connectivity index (χ3v) is 13.4. The minimum Gasteiger partial charge on any atom is -0.317 e. The van der Waals surface area contributed by atoms with E-state index in [4.69, 9.17) is 0 Å². The third-order valence-electron chi connectivity index (χ3n) is 13.4. The fourth-order valence-corrected chi connectivity index (χ4v) is 10.5. The van der Waals surface area contributed by atoms with Crippen molar-refractivity contribution in [2.24, 2.45) is 0 Å². The summed E-state index contributed by atoms with van der Waals surface area (Å²) in [5.74, 6) is 0. The van der Waals surface area contributed by atoms with Crippen LogP contribution in [-0.2, 0) is 0 Å². The van der Waals surface area contributed by atoms with Crippen molar-refractivity contribution in [2.45, 2.75) is 13.8 Å². The summed E-state index contributed by atoms with van der Waals surface area (Å²) in [5.41, 5.74) is 15.4. The number of hydrogen-bond acceptors (Lipinski definition) is 1. The molecular weight excluding hydrogens is 787 g/mol. The van der Waals surface area contributed by atoms with E-state index in [0.717, 1.165) is 17.1 Å². The molecule has 0 saturated carbocycles. The van der Waals surface area contributed by atoms with Crippen LogP contribution in [-0.4, -0.2) is 8.97 Å². The van der Waals surface area contributed by atoms with Crippen LogP contribution in [0.25, 0.3) is 106 Å². The quantitative estimate of drug-likeness (QED) is 0.110. The number of benzene rings is 9. The molecule has 12 aromatic rings. The lowest BCUT2D eigenvalue weighted by molar-refractivity contribution is 1.18. The molecule has 0 fully saturated rings. The van der Waals surface area contributed by atoms with Crippen LogP contribution in [0.4, 0.5) is 11.4 Å². The normalized spacial score (nSPS) is 12.5. The van der Waals surface area contributed by atoms with Crippen LogP contribution >= 0.6 is 0 Å². The fourth-order valence-electron chi connectivity index (χ4n) is 10.5. The van der Waals surface area contributed by atoms with Gasteiger partial charge in [0.15, 0.2) is 0 Å². The van der Waals surface area contributed by atoms with E-state index < -0.39 is 0 Å². The molecule has 0 aliphatic rings. The van der Waals surface area contributed by atoms with Crippen molar-refractivity contribution in [3.05, 3.63) is 235 Å². The van der Waals surface area contributed by atoms with Crippen LogP contribution in [0.15, 0.2) is 213 Å². The van der Waals surface area contributed by atoms with Gasteiger partial charge in [-0.25, -0.2) is 0 Å². The average molecular weight is 832 g/mol. The van der Waals surface area contributed by atoms with Crippen molar-refractivity contribution in [3.8, 4) is 16.8 Å². The molecule has 0 bridgehead atoms. The molecule has 3 nitrogen and oxygen atoms in total. The van der Waals surface area contributed by atoms with E-state index in [1.807, 2.05) is 12.2 Å². The van der Waals surface area contributed by atoms with Gasteiger partial charge in [-0.3, -0.25) is 0 Å². The summed E-state index contributed by atoms with van der Waals surface area (Å²) >= 11 is 0. The number of nitrogens with zero attached hydrogens (tertiary/aromatic N) is 3. The molecule has 0 saturated heterocycles. The average Bonchev–Trinajstić information content (AvgIpc) is 3.99. The van der Waals surface area contributed by atoms with Crippen LogP contribution in [0.5, 0.6) is 0 Å². The van der Waals surface area contributed by atoms with Gasteiger partial charge < -0.3 is 13.9 Å². The number of hydrogen-bond donors (Lipinski definition) is 0. The van der Waals surface area contributed by atoms with Crippen LogP contribution in [0.2, 0.25) is 0 Å². The van der Waals surface area contributed by atoms with Gasteiger partial charge >= 0.3 is 0 Å². The lowest BCUT2D eigenvalue weighted by atomic mass is 9.91. The summed E-state index contributed by atoms with van der Waals surface area (Å²) in [6, 6.07) is 68.6. The summed E-state index contributed by atoms with van der Waals surface area (Å²) < 4.78 is 4.81. The Morgan fingerprint density at radius 1 is 0.462 bits per heavy atom. The zero-order chi connectivity index (χ0) is 43.6. The fraction of sp³-hybridized carbons (Fsp3) is 0.0323. The minimum absolute atomic E-state index is 1.07. The molecule has 0 N–H and O–H groups in total. The van der Waals surface area contributed by atoms with Gasteiger partial charge in [0.2, 0.25) is 0 Å². The van der Waals surface area contributed by atoms with Crippen LogP contribution in [0.1, 0.15) is 23.6 Å². The van der Waals surface area contributed by atoms with Crippen molar-refractivity contribution in [1.29, 1.82) is 0 Å². The van der Waals surface area contributed by atoms with Crippen molar-refractivity contribution in [1.82, 2.24) is 8.97 Å². The number of aromatic nitrogens is 2. The second-order valence-electron chi connectivity index (χ2n) is 16.9. The number of para-hydroxylation sites is 4. The molecule has 9 aromatic carbocycles. The first-order valence-electron chi connectivity index (χ1n) is 22.4. The molecule has 0 atom stereocenters. The molecule has 0 spiro atoms. The molecule has 3 heterocycles. The molecule has 12 rings (SSSR count). The molecule has 0 amide bonds. The lowest BCUT2D eigenvalue weighted by Gasteiger charge is -2.23. The van der Waals surface area contributed by atoms with Crippen LogP contribution in [0.3, 0.4) is 0 Å². The maximum Gasteiger partial charge on any atom is 0.0617 e. The summed E-state index contributed by atoms with van der Waals surface area (Å²) in [6.45, 7) is 8.36. The van der Waals surface area contributed by atoms with E-state index >= 15 is 0 Å². The first-order chi connectivity index (χ1) is 32.1. The Bertz CT molecular complexity index is 3970. The molecule has 3 aromatic heterocycles. The Morgan fingerprint density at radius 2 is 1.08 bits per heavy atom. The Balaban J connectivity index is 1.04. The van der Waals surface area contributed by atoms with Gasteiger partial charge in [-0.1, -0.05) is 152 Å². The van der Waals surface area contributed by atoms with Gasteiger partial charge in [0, 0.05) is 55.6 Å². The van der Waals surface area contributed by atoms with E-state index in [0.29, 0.717) is 0 Å². The van der Waals surface area contributed by atoms with Gasteiger partial charge in [0.05, 0.1) is 27.6 Å². The highest BCUT2D eigenvalue weighted by molar-refractivity contribution is 6.14. The topological polar surface area (TPSA) is 12.6 Å². The number of rotatable bonds is 8. The Kier molecular flexibility index (Phi) is 9.10. The molecule has 0 aliphatic carbocycles. The highest BCUT2D eigenvalue weighted by Gasteiger charge is 2.19. The summed E-state index contributed by atoms with van der Waals surface area (Å²) in [6.07, 6.45) is 12.9. The second kappa shape index (κ2) is 15.4. The number of anilines is 2. The van der Waals surface area contributed by atoms with Gasteiger partial charge in [-0.15, -0.1) is 0 Å². The molecular formula is C62H45N3. The van der Waals surface area contributed by atoms with Crippen LogP contribution < -0.4 is 10.1 Å². The largest absolute Gasteiger partial charge is 0.317 e. The number of fused-ring (bicyclic) bond motifs is 11. The van der Waals surface area contributed by atoms with Crippen LogP contribution in [0, 0.1) is 6.92 Å². The Labute approximate surface area is 378 Å². The van der Waals surface area contributed by atoms with Gasteiger partial charge in [-0.05, 0) is 130 Å². The van der Waals surface area contributed by atoms with E-state index in [1.54, 1.807) is 0 Å². The van der Waals surface area contributed by atoms with Crippen molar-refractivity contribution in [2.75, 3.05) is 4.90 Å². The molecule has 65 heavy (non-hydrogen) atoms. The summed E-state index contributed by atoms with van der Waals surface area (Å²) in [5, 5.41) is 11.2. The highest BCUT2D eigenvalue weighted by Crippen LogP contribution is 2.40. The molecule has 308 valence electrons. The van der Waals surface area contributed by atoms with Crippen molar-refractivity contribution in [3.63, 3.8) is 0 Å². The monoisotopic (exact) mass is 831 g/mol. The smallest absolute Gasteiger partial charge is 0.0617 e. The molecule has 3 heteroatoms. The molecule has 0 radical (unpaired) electrons. The summed E-state index contributed by atoms with van der Waals surface area (Å²) in [4.78, 5) is 2.35. The zero-order valence-corrected chi connectivity index (χ0v) is 36.4. The maximum absolute atomic E-state index is 3.98. The predicted octanol–water partition coefficient (Wildman–Crippen LogP) is 16.2. The first-order valence-corrected chi connectivity index (χ1v) is 22.4. The predicted molar refractivity (Wildman–Crippen MR) is 281 cm³/mol. The summed E-state index contributed by atoms with van der Waals surface area (Å²) in [7, 11) is 0. The third kappa shape index (κ3) is 6.04. The van der Waals surface area contributed by atoms with Crippen molar-refractivity contribution >= 4 is 100 Å². The highest BCUT2D eigenvalue weighted by atomic mass is 15.1. The van der Waals surface area contributed by atoms with Gasteiger partial charge in [0.25, 0.3) is 0 Å². The zero-order valence-electron chi connectivity index (χ0n) is 36.4. The van der Waals surface area contributed by atoms with E-state index in [1.165, 1.54) is 104 Å². The van der Waals surface area contributed by atoms with E-state index in [9.17, 15) is 0 Å². The number of allylic oxidation sites excluding steroid dienone is 2. The lowest BCUT2D eigenvalue weighted by Crippen LogP contribution is -2.08. The second-order valence-corrected chi connectivity index (χ2v) is 16.9. The van der Waals surface area contributed by atoms with Gasteiger partial charge in [-0.2, -0.15) is 0 Å². The Morgan fingerprint density at radius 3 is 1.83 bits per heavy atom. The van der Waals surface area contributed by atoms with E-state index in [-0.39, 0.29) is 0 Å². The molecule has 0 aliphatic heterocycles. The first kappa shape index (κ1) is 38.3. The van der Waals surface area contributed by atoms with E-state index in [2.05, 4.69) is 247 Å². The SMILES string of the molecule is C=C/C=C\c1c(C)c2ccccc2c2cc(N(/C=C/c3c4ccccc4n4c3c(=CC)c3ccccc34)c3ccc(-c4ccc5c(c4)c4ccccc4n5-c4ccccc4)cc3)ccc12. The maximum atomic E-state index is 3.98. The number of aryl methyl sites for hydroxylation is 1. The Hall–Kier alpha value is -8.40. The van der Waals surface area contributed by atoms with Crippen molar-refractivity contribution < 1.29 is 0 Å². The standard InChI is InChI=1S/C62H45N3/c1-4-6-20-48-41(3)49-21-10-11-22-50(49)56-40-46(34-35-51(48)56)63(38-37-55-53-24-13-17-28-60(53)65-59-27-16-12-23-52(59)47(5-2)62(55)65)44-32-29-42(30-33-44)43-31-36-61-57(39-43)54-25-14-15-26-58(54)64(61)45-18-8-7-9-19-45/h4-40H,1H2,2-3H3/b20-6-,38-37+,47-5?. The van der Waals surface area contributed by atoms with Gasteiger partial charge in [0.1, 0.15) is 0 Å².